The van der Waals surface area contributed by atoms with Gasteiger partial charge in [-0.1, -0.05) is 58.5 Å². The molecule has 0 spiro atoms. The lowest BCUT2D eigenvalue weighted by Gasteiger charge is -2.06. The van der Waals surface area contributed by atoms with Gasteiger partial charge in [-0.25, -0.2) is 5.43 Å². The summed E-state index contributed by atoms with van der Waals surface area (Å²) in [7, 11) is 0. The zero-order chi connectivity index (χ0) is 20.1. The molecule has 5 nitrogen and oxygen atoms in total. The number of ether oxygens (including phenoxy) is 1. The first-order valence-corrected chi connectivity index (χ1v) is 9.39. The third kappa shape index (κ3) is 5.20. The standard InChI is InChI=1S/C19H12Cl4N2O3/c20-13-3-1-2-4-18(13)27-10-19(26)25-24-9-11-5-6-17(28-11)12-7-15(22)16(23)8-14(12)21/h1-9H,10H2,(H,25,26)/b24-9+. The second kappa shape index (κ2) is 9.34. The molecule has 0 radical (unpaired) electrons. The summed E-state index contributed by atoms with van der Waals surface area (Å²) in [6.45, 7) is -0.233. The largest absolute Gasteiger partial charge is 0.482 e. The molecule has 2 aromatic carbocycles. The van der Waals surface area contributed by atoms with Crippen LogP contribution in [0.2, 0.25) is 20.1 Å². The first-order valence-electron chi connectivity index (χ1n) is 7.88. The van der Waals surface area contributed by atoms with Gasteiger partial charge in [-0.3, -0.25) is 4.79 Å². The van der Waals surface area contributed by atoms with E-state index in [9.17, 15) is 4.79 Å². The molecule has 0 aliphatic heterocycles. The second-order valence-electron chi connectivity index (χ2n) is 5.46. The van der Waals surface area contributed by atoms with Gasteiger partial charge >= 0.3 is 0 Å². The van der Waals surface area contributed by atoms with Crippen molar-refractivity contribution < 1.29 is 13.9 Å². The number of carbonyl (C=O) groups is 1. The van der Waals surface area contributed by atoms with Gasteiger partial charge in [0.15, 0.2) is 6.61 Å². The van der Waals surface area contributed by atoms with Crippen molar-refractivity contribution in [3.05, 3.63) is 74.4 Å². The lowest BCUT2D eigenvalue weighted by atomic mass is 10.2. The number of nitrogens with one attached hydrogen (secondary N) is 1. The van der Waals surface area contributed by atoms with E-state index < -0.39 is 5.91 Å². The Morgan fingerprint density at radius 1 is 1.00 bits per heavy atom. The maximum atomic E-state index is 11.8. The number of halogens is 4. The number of para-hydroxylation sites is 1. The fourth-order valence-electron chi connectivity index (χ4n) is 2.18. The first kappa shape index (κ1) is 20.6. The van der Waals surface area contributed by atoms with Crippen LogP contribution in [0.5, 0.6) is 5.75 Å². The number of hydrogen-bond donors (Lipinski definition) is 1. The molecule has 1 aromatic heterocycles. The molecule has 3 aromatic rings. The number of hydrazone groups is 1. The molecule has 0 aliphatic rings. The molecule has 1 heterocycles. The van der Waals surface area contributed by atoms with Gasteiger partial charge in [0, 0.05) is 5.56 Å². The molecular weight excluding hydrogens is 446 g/mol. The summed E-state index contributed by atoms with van der Waals surface area (Å²) >= 11 is 24.1. The molecule has 0 bridgehead atoms. The summed E-state index contributed by atoms with van der Waals surface area (Å²) in [5, 5.41) is 5.36. The molecule has 28 heavy (non-hydrogen) atoms. The Morgan fingerprint density at radius 3 is 2.54 bits per heavy atom. The van der Waals surface area contributed by atoms with E-state index in [0.717, 1.165) is 0 Å². The van der Waals surface area contributed by atoms with E-state index in [4.69, 9.17) is 55.6 Å². The van der Waals surface area contributed by atoms with Gasteiger partial charge < -0.3 is 9.15 Å². The Labute approximate surface area is 180 Å². The van der Waals surface area contributed by atoms with Crippen LogP contribution in [0.3, 0.4) is 0 Å². The summed E-state index contributed by atoms with van der Waals surface area (Å²) in [6.07, 6.45) is 1.35. The third-order valence-corrected chi connectivity index (χ3v) is 4.83. The van der Waals surface area contributed by atoms with Crippen LogP contribution in [-0.2, 0) is 4.79 Å². The van der Waals surface area contributed by atoms with Crippen LogP contribution in [0.25, 0.3) is 11.3 Å². The van der Waals surface area contributed by atoms with Gasteiger partial charge in [0.25, 0.3) is 5.91 Å². The average Bonchev–Trinajstić information content (AvgIpc) is 3.12. The normalized spacial score (nSPS) is 11.0. The van der Waals surface area contributed by atoms with Crippen molar-refractivity contribution in [2.75, 3.05) is 6.61 Å². The first-order chi connectivity index (χ1) is 13.4. The molecule has 0 atom stereocenters. The highest BCUT2D eigenvalue weighted by atomic mass is 35.5. The van der Waals surface area contributed by atoms with Gasteiger partial charge in [-0.15, -0.1) is 0 Å². The molecule has 0 fully saturated rings. The van der Waals surface area contributed by atoms with Gasteiger partial charge in [-0.05, 0) is 36.4 Å². The Hall–Kier alpha value is -2.18. The van der Waals surface area contributed by atoms with E-state index in [-0.39, 0.29) is 6.61 Å². The molecule has 144 valence electrons. The summed E-state index contributed by atoms with van der Waals surface area (Å²) in [4.78, 5) is 11.8. The predicted molar refractivity (Wildman–Crippen MR) is 112 cm³/mol. The summed E-state index contributed by atoms with van der Waals surface area (Å²) < 4.78 is 11.0. The Kier molecular flexibility index (Phi) is 6.86. The SMILES string of the molecule is O=C(COc1ccccc1Cl)N/N=C/c1ccc(-c2cc(Cl)c(Cl)cc2Cl)o1. The van der Waals surface area contributed by atoms with Crippen LogP contribution < -0.4 is 10.2 Å². The summed E-state index contributed by atoms with van der Waals surface area (Å²) in [6, 6.07) is 13.4. The molecule has 1 amide bonds. The van der Waals surface area contributed by atoms with Crippen molar-refractivity contribution in [2.24, 2.45) is 5.10 Å². The van der Waals surface area contributed by atoms with Crippen LogP contribution >= 0.6 is 46.4 Å². The van der Waals surface area contributed by atoms with Crippen molar-refractivity contribution in [1.82, 2.24) is 5.43 Å². The number of carbonyl (C=O) groups excluding carboxylic acids is 1. The van der Waals surface area contributed by atoms with Crippen LogP contribution in [0, 0.1) is 0 Å². The number of amides is 1. The molecule has 0 aliphatic carbocycles. The van der Waals surface area contributed by atoms with Crippen LogP contribution in [0.1, 0.15) is 5.76 Å². The van der Waals surface area contributed by atoms with E-state index >= 15 is 0 Å². The van der Waals surface area contributed by atoms with Gasteiger partial charge in [-0.2, -0.15) is 5.10 Å². The Morgan fingerprint density at radius 2 is 1.75 bits per heavy atom. The van der Waals surface area contributed by atoms with Gasteiger partial charge in [0.05, 0.1) is 26.3 Å². The van der Waals surface area contributed by atoms with E-state index in [0.29, 0.717) is 42.9 Å². The quantitative estimate of drug-likeness (QED) is 0.276. The molecule has 0 saturated heterocycles. The maximum absolute atomic E-state index is 11.8. The minimum atomic E-state index is -0.449. The number of rotatable bonds is 6. The minimum absolute atomic E-state index is 0.233. The van der Waals surface area contributed by atoms with Crippen LogP contribution in [0.4, 0.5) is 0 Å². The smallest absolute Gasteiger partial charge is 0.277 e. The molecule has 0 saturated carbocycles. The fraction of sp³-hybridized carbons (Fsp3) is 0.0526. The highest BCUT2D eigenvalue weighted by molar-refractivity contribution is 6.44. The van der Waals surface area contributed by atoms with Gasteiger partial charge in [0.2, 0.25) is 0 Å². The average molecular weight is 458 g/mol. The van der Waals surface area contributed by atoms with Crippen molar-refractivity contribution in [3.63, 3.8) is 0 Å². The maximum Gasteiger partial charge on any atom is 0.277 e. The van der Waals surface area contributed by atoms with Crippen molar-refractivity contribution in [3.8, 4) is 17.1 Å². The second-order valence-corrected chi connectivity index (χ2v) is 7.09. The van der Waals surface area contributed by atoms with E-state index in [1.54, 1.807) is 42.5 Å². The molecule has 3 rings (SSSR count). The molecule has 0 unspecified atom stereocenters. The Bertz CT molecular complexity index is 1030. The zero-order valence-corrected chi connectivity index (χ0v) is 17.1. The highest BCUT2D eigenvalue weighted by Gasteiger charge is 2.11. The fourth-order valence-corrected chi connectivity index (χ4v) is 3.01. The number of benzene rings is 2. The van der Waals surface area contributed by atoms with E-state index in [2.05, 4.69) is 10.5 Å². The van der Waals surface area contributed by atoms with E-state index in [1.165, 1.54) is 12.3 Å². The van der Waals surface area contributed by atoms with Crippen LogP contribution in [0.15, 0.2) is 58.0 Å². The monoisotopic (exact) mass is 456 g/mol. The molecular formula is C19H12Cl4N2O3. The molecule has 1 N–H and O–H groups in total. The minimum Gasteiger partial charge on any atom is -0.482 e. The van der Waals surface area contributed by atoms with Crippen molar-refractivity contribution in [2.45, 2.75) is 0 Å². The van der Waals surface area contributed by atoms with Crippen LogP contribution in [-0.4, -0.2) is 18.7 Å². The van der Waals surface area contributed by atoms with Gasteiger partial charge in [0.1, 0.15) is 17.3 Å². The Balaban J connectivity index is 1.58. The zero-order valence-electron chi connectivity index (χ0n) is 14.1. The topological polar surface area (TPSA) is 63.8 Å². The number of hydrogen-bond acceptors (Lipinski definition) is 4. The lowest BCUT2D eigenvalue weighted by molar-refractivity contribution is -0.123. The summed E-state index contributed by atoms with van der Waals surface area (Å²) in [5.74, 6) is 0.857. The summed E-state index contributed by atoms with van der Waals surface area (Å²) in [5.41, 5.74) is 2.93. The highest BCUT2D eigenvalue weighted by Crippen LogP contribution is 2.35. The predicted octanol–water partition coefficient (Wildman–Crippen LogP) is 6.09. The third-order valence-electron chi connectivity index (χ3n) is 3.48. The van der Waals surface area contributed by atoms with Crippen molar-refractivity contribution >= 4 is 58.5 Å². The van der Waals surface area contributed by atoms with Crippen molar-refractivity contribution in [1.29, 1.82) is 0 Å². The molecule has 9 heteroatoms. The number of nitrogens with zero attached hydrogens (tertiary/aromatic N) is 1. The number of furan rings is 1. The lowest BCUT2D eigenvalue weighted by Crippen LogP contribution is -2.24. The van der Waals surface area contributed by atoms with E-state index in [1.807, 2.05) is 0 Å².